The molecule has 101 heavy (non-hydrogen) atoms. The highest BCUT2D eigenvalue weighted by molar-refractivity contribution is 7.47. The van der Waals surface area contributed by atoms with Crippen molar-refractivity contribution in [2.45, 2.75) is 432 Å². The summed E-state index contributed by atoms with van der Waals surface area (Å²) in [6, 6.07) is 0. The van der Waals surface area contributed by atoms with E-state index in [0.717, 1.165) is 115 Å². The third kappa shape index (κ3) is 75.6. The Morgan fingerprint density at radius 2 is 0.535 bits per heavy atom. The van der Waals surface area contributed by atoms with E-state index in [-0.39, 0.29) is 25.7 Å². The van der Waals surface area contributed by atoms with Gasteiger partial charge in [0.1, 0.15) is 19.3 Å². The molecule has 0 aliphatic rings. The number of allylic oxidation sites excluding steroid dienone is 4. The molecule has 17 nitrogen and oxygen atoms in total. The number of aliphatic hydroxyl groups excluding tert-OH is 1. The molecule has 3 N–H and O–H groups in total. The van der Waals surface area contributed by atoms with E-state index in [0.29, 0.717) is 25.7 Å². The van der Waals surface area contributed by atoms with Gasteiger partial charge in [-0.15, -0.1) is 0 Å². The van der Waals surface area contributed by atoms with Gasteiger partial charge in [0.2, 0.25) is 0 Å². The fourth-order valence-electron chi connectivity index (χ4n) is 12.2. The van der Waals surface area contributed by atoms with E-state index in [1.165, 1.54) is 218 Å². The molecule has 596 valence electrons. The number of phosphoric acid groups is 2. The summed E-state index contributed by atoms with van der Waals surface area (Å²) in [4.78, 5) is 73.1. The van der Waals surface area contributed by atoms with Crippen LogP contribution in [0.4, 0.5) is 0 Å². The van der Waals surface area contributed by atoms with Gasteiger partial charge in [0.15, 0.2) is 12.2 Å². The van der Waals surface area contributed by atoms with E-state index >= 15 is 0 Å². The van der Waals surface area contributed by atoms with Gasteiger partial charge in [0.25, 0.3) is 0 Å². The van der Waals surface area contributed by atoms with Crippen LogP contribution in [0.25, 0.3) is 0 Å². The zero-order valence-corrected chi connectivity index (χ0v) is 67.3. The van der Waals surface area contributed by atoms with Gasteiger partial charge < -0.3 is 33.8 Å². The smallest absolute Gasteiger partial charge is 0.462 e. The molecule has 0 aromatic heterocycles. The number of ether oxygens (including phenoxy) is 4. The average Bonchev–Trinajstić information content (AvgIpc) is 0.924. The van der Waals surface area contributed by atoms with Crippen molar-refractivity contribution in [1.82, 2.24) is 0 Å². The van der Waals surface area contributed by atoms with Crippen molar-refractivity contribution in [3.05, 3.63) is 24.3 Å². The molecule has 0 aromatic carbocycles. The van der Waals surface area contributed by atoms with Crippen molar-refractivity contribution in [2.24, 2.45) is 5.92 Å². The molecular formula is C82H156O17P2. The zero-order chi connectivity index (χ0) is 74.1. The van der Waals surface area contributed by atoms with Crippen LogP contribution in [0.15, 0.2) is 24.3 Å². The Morgan fingerprint density at radius 1 is 0.307 bits per heavy atom. The Bertz CT molecular complexity index is 2020. The summed E-state index contributed by atoms with van der Waals surface area (Å²) in [6.45, 7) is 7.27. The first kappa shape index (κ1) is 98.5. The average molecular weight is 1480 g/mol. The highest BCUT2D eigenvalue weighted by atomic mass is 31.2. The lowest BCUT2D eigenvalue weighted by Gasteiger charge is -2.21. The standard InChI is InChI=1S/C82H156O17P2/c1-6-9-12-15-18-21-24-27-30-31-32-33-35-38-41-48-53-58-63-68-82(87)98-77(71-92-79(84)65-60-55-50-45-39-37-34-28-25-22-19-16-13-10-7-2)73-96-100(88,89)94-69-76(83)70-95-101(90,91)97-74-78(72-93-80(85)66-61-56-51-46-43-42-44-49-54-59-64-75(4)5)99-81(86)67-62-57-52-47-40-36-29-26-23-20-17-14-11-8-3/h22,25,28,34,75-78,83H,6-21,23-24,26-27,29-33,35-74H2,1-5H3,(H,88,89)(H,90,91)/b25-22-,34-28-/t76-,77-,78-/m1/s1. The minimum Gasteiger partial charge on any atom is -0.462 e. The molecule has 0 bridgehead atoms. The van der Waals surface area contributed by atoms with Gasteiger partial charge in [-0.05, 0) is 57.3 Å². The first-order chi connectivity index (χ1) is 49.0. The second-order valence-electron chi connectivity index (χ2n) is 29.3. The second-order valence-corrected chi connectivity index (χ2v) is 32.2. The minimum atomic E-state index is -4.97. The van der Waals surface area contributed by atoms with E-state index < -0.39 is 97.5 Å². The first-order valence-electron chi connectivity index (χ1n) is 42.0. The van der Waals surface area contributed by atoms with Crippen molar-refractivity contribution in [1.29, 1.82) is 0 Å². The molecule has 0 aliphatic heterocycles. The maximum atomic E-state index is 13.1. The molecule has 19 heteroatoms. The highest BCUT2D eigenvalue weighted by Gasteiger charge is 2.30. The summed E-state index contributed by atoms with van der Waals surface area (Å²) in [5.74, 6) is -1.38. The molecule has 0 amide bonds. The Hall–Kier alpha value is -2.46. The fourth-order valence-corrected chi connectivity index (χ4v) is 13.8. The van der Waals surface area contributed by atoms with Gasteiger partial charge in [-0.3, -0.25) is 37.3 Å². The van der Waals surface area contributed by atoms with Gasteiger partial charge >= 0.3 is 39.5 Å². The minimum absolute atomic E-state index is 0.102. The molecule has 0 fully saturated rings. The summed E-state index contributed by atoms with van der Waals surface area (Å²) >= 11 is 0. The zero-order valence-electron chi connectivity index (χ0n) is 65.5. The first-order valence-corrected chi connectivity index (χ1v) is 44.9. The number of hydrogen-bond donors (Lipinski definition) is 3. The van der Waals surface area contributed by atoms with Crippen LogP contribution in [0, 0.1) is 5.92 Å². The molecule has 5 atom stereocenters. The lowest BCUT2D eigenvalue weighted by molar-refractivity contribution is -0.161. The van der Waals surface area contributed by atoms with E-state index in [2.05, 4.69) is 58.9 Å². The number of esters is 4. The second kappa shape index (κ2) is 74.4. The summed E-state index contributed by atoms with van der Waals surface area (Å²) in [5.41, 5.74) is 0. The normalized spacial score (nSPS) is 14.0. The molecule has 0 saturated carbocycles. The van der Waals surface area contributed by atoms with Crippen molar-refractivity contribution in [3.63, 3.8) is 0 Å². The van der Waals surface area contributed by atoms with Crippen molar-refractivity contribution >= 4 is 39.5 Å². The topological polar surface area (TPSA) is 237 Å². The Labute approximate surface area is 618 Å². The predicted molar refractivity (Wildman–Crippen MR) is 414 cm³/mol. The number of hydrogen-bond acceptors (Lipinski definition) is 15. The quantitative estimate of drug-likeness (QED) is 0.0169. The van der Waals surface area contributed by atoms with Crippen LogP contribution in [-0.2, 0) is 65.4 Å². The van der Waals surface area contributed by atoms with Crippen LogP contribution in [0.3, 0.4) is 0 Å². The fraction of sp³-hybridized carbons (Fsp3) is 0.902. The molecule has 0 spiro atoms. The molecular weight excluding hydrogens is 1320 g/mol. The highest BCUT2D eigenvalue weighted by Crippen LogP contribution is 2.45. The van der Waals surface area contributed by atoms with Crippen LogP contribution in [0.1, 0.15) is 413 Å². The number of unbranched alkanes of at least 4 members (excludes halogenated alkanes) is 49. The maximum absolute atomic E-state index is 13.1. The third-order valence-electron chi connectivity index (χ3n) is 18.7. The molecule has 0 radical (unpaired) electrons. The summed E-state index contributed by atoms with van der Waals surface area (Å²) in [5, 5.41) is 10.6. The van der Waals surface area contributed by atoms with Crippen LogP contribution < -0.4 is 0 Å². The van der Waals surface area contributed by atoms with E-state index in [1.54, 1.807) is 0 Å². The van der Waals surface area contributed by atoms with E-state index in [4.69, 9.17) is 37.0 Å². The Balaban J connectivity index is 5.29. The van der Waals surface area contributed by atoms with Gasteiger partial charge in [-0.1, -0.05) is 361 Å². The van der Waals surface area contributed by atoms with Crippen LogP contribution in [0.5, 0.6) is 0 Å². The lowest BCUT2D eigenvalue weighted by Crippen LogP contribution is -2.30. The maximum Gasteiger partial charge on any atom is 0.472 e. The van der Waals surface area contributed by atoms with Gasteiger partial charge in [-0.2, -0.15) is 0 Å². The molecule has 0 rings (SSSR count). The molecule has 0 saturated heterocycles. The largest absolute Gasteiger partial charge is 0.472 e. The number of carbonyl (C=O) groups excluding carboxylic acids is 4. The number of rotatable bonds is 80. The van der Waals surface area contributed by atoms with Crippen molar-refractivity contribution in [3.8, 4) is 0 Å². The SMILES string of the molecule is CCCCCC/C=C\C=C/CCCCCCCC(=O)OC[C@H](COP(=O)(O)OC[C@@H](O)COP(=O)(O)OC[C@@H](COC(=O)CCCCCCCCCCCCC(C)C)OC(=O)CCCCCCCCCCCCCCCC)OC(=O)CCCCCCCCCCCCCCCCCCCCC. The molecule has 0 heterocycles. The third-order valence-corrected chi connectivity index (χ3v) is 20.6. The number of carbonyl (C=O) groups is 4. The number of aliphatic hydroxyl groups is 1. The van der Waals surface area contributed by atoms with Gasteiger partial charge in [0.05, 0.1) is 26.4 Å². The van der Waals surface area contributed by atoms with Gasteiger partial charge in [-0.25, -0.2) is 9.13 Å². The van der Waals surface area contributed by atoms with E-state index in [9.17, 15) is 43.2 Å². The van der Waals surface area contributed by atoms with Crippen LogP contribution in [-0.4, -0.2) is 96.7 Å². The Kier molecular flexibility index (Phi) is 72.6. The summed E-state index contributed by atoms with van der Waals surface area (Å²) in [6.07, 6.45) is 68.7. The van der Waals surface area contributed by atoms with Crippen LogP contribution >= 0.6 is 15.6 Å². The predicted octanol–water partition coefficient (Wildman–Crippen LogP) is 24.4. The van der Waals surface area contributed by atoms with Gasteiger partial charge in [0, 0.05) is 25.7 Å². The van der Waals surface area contributed by atoms with Crippen molar-refractivity contribution in [2.75, 3.05) is 39.6 Å². The monoisotopic (exact) mass is 1480 g/mol. The summed E-state index contributed by atoms with van der Waals surface area (Å²) in [7, 11) is -9.93. The van der Waals surface area contributed by atoms with Crippen molar-refractivity contribution < 1.29 is 80.2 Å². The molecule has 2 unspecified atom stereocenters. The van der Waals surface area contributed by atoms with Crippen LogP contribution in [0.2, 0.25) is 0 Å². The number of phosphoric ester groups is 2. The Morgan fingerprint density at radius 3 is 0.812 bits per heavy atom. The molecule has 0 aliphatic carbocycles. The summed E-state index contributed by atoms with van der Waals surface area (Å²) < 4.78 is 68.7. The molecule has 0 aromatic rings. The lowest BCUT2D eigenvalue weighted by atomic mass is 10.0. The van der Waals surface area contributed by atoms with E-state index in [1.807, 2.05) is 0 Å².